The van der Waals surface area contributed by atoms with Gasteiger partial charge in [-0.3, -0.25) is 0 Å². The Balaban J connectivity index is 1.62. The van der Waals surface area contributed by atoms with Gasteiger partial charge >= 0.3 is 6.03 Å². The molecule has 134 valence electrons. The Bertz CT molecular complexity index is 851. The quantitative estimate of drug-likeness (QED) is 0.649. The summed E-state index contributed by atoms with van der Waals surface area (Å²) in [5.41, 5.74) is 1.35. The number of rotatable bonds is 6. The molecule has 0 aliphatic carbocycles. The number of amides is 2. The van der Waals surface area contributed by atoms with E-state index in [1.807, 2.05) is 17.5 Å². The summed E-state index contributed by atoms with van der Waals surface area (Å²) >= 11 is 1.51. The Morgan fingerprint density at radius 1 is 1.00 bits per heavy atom. The molecular formula is C20H18F2N2OS. The number of halogens is 2. The molecule has 0 aliphatic rings. The summed E-state index contributed by atoms with van der Waals surface area (Å²) in [6.07, 6.45) is 0.403. The number of thiophene rings is 1. The standard InChI is InChI=1S/C20H18F2N2OS/c21-16-9-7-15(8-10-16)19(18-6-3-13-26-18)24-20(25)23-12-11-14-4-1-2-5-17(14)22/h1-10,13,19H,11-12H2,(H2,23,24,25). The largest absolute Gasteiger partial charge is 0.338 e. The second-order valence-corrected chi connectivity index (χ2v) is 6.72. The van der Waals surface area contributed by atoms with Crippen LogP contribution in [-0.4, -0.2) is 12.6 Å². The smallest absolute Gasteiger partial charge is 0.315 e. The molecule has 26 heavy (non-hydrogen) atoms. The molecule has 3 nitrogen and oxygen atoms in total. The normalized spacial score (nSPS) is 11.8. The first-order valence-corrected chi connectivity index (χ1v) is 9.08. The topological polar surface area (TPSA) is 41.1 Å². The molecular weight excluding hydrogens is 354 g/mol. The van der Waals surface area contributed by atoms with E-state index in [4.69, 9.17) is 0 Å². The van der Waals surface area contributed by atoms with Gasteiger partial charge in [-0.1, -0.05) is 36.4 Å². The third-order valence-electron chi connectivity index (χ3n) is 3.94. The van der Waals surface area contributed by atoms with Gasteiger partial charge in [0.2, 0.25) is 0 Å². The zero-order chi connectivity index (χ0) is 18.4. The maximum atomic E-state index is 13.6. The third kappa shape index (κ3) is 4.67. The zero-order valence-corrected chi connectivity index (χ0v) is 14.7. The Labute approximate surface area is 154 Å². The summed E-state index contributed by atoms with van der Waals surface area (Å²) in [4.78, 5) is 13.2. The van der Waals surface area contributed by atoms with Crippen molar-refractivity contribution in [3.05, 3.63) is 93.7 Å². The van der Waals surface area contributed by atoms with Crippen molar-refractivity contribution in [2.75, 3.05) is 6.54 Å². The fourth-order valence-corrected chi connectivity index (χ4v) is 3.43. The fraction of sp³-hybridized carbons (Fsp3) is 0.150. The highest BCUT2D eigenvalue weighted by molar-refractivity contribution is 7.10. The van der Waals surface area contributed by atoms with Gasteiger partial charge in [-0.25, -0.2) is 13.6 Å². The maximum Gasteiger partial charge on any atom is 0.315 e. The van der Waals surface area contributed by atoms with Gasteiger partial charge in [-0.15, -0.1) is 11.3 Å². The first-order valence-electron chi connectivity index (χ1n) is 8.20. The fourth-order valence-electron chi connectivity index (χ4n) is 2.62. The van der Waals surface area contributed by atoms with Crippen molar-refractivity contribution in [1.29, 1.82) is 0 Å². The van der Waals surface area contributed by atoms with E-state index in [9.17, 15) is 13.6 Å². The van der Waals surface area contributed by atoms with Crippen LogP contribution >= 0.6 is 11.3 Å². The zero-order valence-electron chi connectivity index (χ0n) is 13.9. The summed E-state index contributed by atoms with van der Waals surface area (Å²) in [5, 5.41) is 7.57. The second-order valence-electron chi connectivity index (χ2n) is 5.74. The van der Waals surface area contributed by atoms with E-state index in [1.165, 1.54) is 29.5 Å². The average molecular weight is 372 g/mol. The number of carbonyl (C=O) groups is 1. The minimum Gasteiger partial charge on any atom is -0.338 e. The summed E-state index contributed by atoms with van der Waals surface area (Å²) in [5.74, 6) is -0.606. The predicted octanol–water partition coefficient (Wildman–Crippen LogP) is 4.66. The van der Waals surface area contributed by atoms with Gasteiger partial charge in [-0.2, -0.15) is 0 Å². The number of nitrogens with one attached hydrogen (secondary N) is 2. The van der Waals surface area contributed by atoms with Gasteiger partial charge in [0.25, 0.3) is 0 Å². The Morgan fingerprint density at radius 3 is 2.46 bits per heavy atom. The minimum absolute atomic E-state index is 0.280. The van der Waals surface area contributed by atoms with Crippen LogP contribution in [0.3, 0.4) is 0 Å². The Kier molecular flexibility index (Phi) is 5.96. The van der Waals surface area contributed by atoms with Gasteiger partial charge in [0.05, 0.1) is 6.04 Å². The van der Waals surface area contributed by atoms with Crippen molar-refractivity contribution in [3.63, 3.8) is 0 Å². The predicted molar refractivity (Wildman–Crippen MR) is 99.2 cm³/mol. The van der Waals surface area contributed by atoms with Crippen LogP contribution in [0.4, 0.5) is 13.6 Å². The van der Waals surface area contributed by atoms with Crippen LogP contribution in [0.5, 0.6) is 0 Å². The molecule has 0 spiro atoms. The summed E-state index contributed by atoms with van der Waals surface area (Å²) in [7, 11) is 0. The molecule has 0 saturated heterocycles. The van der Waals surface area contributed by atoms with E-state index in [-0.39, 0.29) is 23.7 Å². The van der Waals surface area contributed by atoms with Crippen molar-refractivity contribution >= 4 is 17.4 Å². The van der Waals surface area contributed by atoms with Crippen LogP contribution in [0.1, 0.15) is 22.0 Å². The number of hydrogen-bond acceptors (Lipinski definition) is 2. The van der Waals surface area contributed by atoms with Crippen LogP contribution in [0.2, 0.25) is 0 Å². The van der Waals surface area contributed by atoms with Crippen molar-refractivity contribution in [3.8, 4) is 0 Å². The second kappa shape index (κ2) is 8.58. The lowest BCUT2D eigenvalue weighted by molar-refractivity contribution is 0.239. The monoisotopic (exact) mass is 372 g/mol. The van der Waals surface area contributed by atoms with Crippen molar-refractivity contribution in [2.24, 2.45) is 0 Å². The molecule has 1 aromatic heterocycles. The molecule has 0 radical (unpaired) electrons. The van der Waals surface area contributed by atoms with E-state index in [0.717, 1.165) is 10.4 Å². The molecule has 0 fully saturated rings. The van der Waals surface area contributed by atoms with Crippen LogP contribution in [-0.2, 0) is 6.42 Å². The molecule has 3 rings (SSSR count). The molecule has 0 bridgehead atoms. The van der Waals surface area contributed by atoms with Gasteiger partial charge in [0.15, 0.2) is 0 Å². The first-order chi connectivity index (χ1) is 12.6. The molecule has 6 heteroatoms. The highest BCUT2D eigenvalue weighted by atomic mass is 32.1. The van der Waals surface area contributed by atoms with Crippen molar-refractivity contribution < 1.29 is 13.6 Å². The van der Waals surface area contributed by atoms with Crippen molar-refractivity contribution in [1.82, 2.24) is 10.6 Å². The number of hydrogen-bond donors (Lipinski definition) is 2. The van der Waals surface area contributed by atoms with E-state index in [2.05, 4.69) is 10.6 Å². The summed E-state index contributed by atoms with van der Waals surface area (Å²) in [6, 6.07) is 15.6. The van der Waals surface area contributed by atoms with E-state index < -0.39 is 0 Å². The average Bonchev–Trinajstić information content (AvgIpc) is 3.17. The van der Waals surface area contributed by atoms with Crippen LogP contribution < -0.4 is 10.6 Å². The lowest BCUT2D eigenvalue weighted by atomic mass is 10.1. The molecule has 2 amide bonds. The summed E-state index contributed by atoms with van der Waals surface area (Å²) in [6.45, 7) is 0.313. The molecule has 2 aromatic carbocycles. The minimum atomic E-state index is -0.371. The Morgan fingerprint density at radius 2 is 1.77 bits per heavy atom. The SMILES string of the molecule is O=C(NCCc1ccccc1F)NC(c1ccc(F)cc1)c1cccs1. The Hall–Kier alpha value is -2.73. The van der Waals surface area contributed by atoms with E-state index in [1.54, 1.807) is 30.3 Å². The third-order valence-corrected chi connectivity index (χ3v) is 4.88. The van der Waals surface area contributed by atoms with Gasteiger partial charge in [0.1, 0.15) is 11.6 Å². The number of carbonyl (C=O) groups excluding carboxylic acids is 1. The van der Waals surface area contributed by atoms with E-state index in [0.29, 0.717) is 18.5 Å². The first kappa shape index (κ1) is 18.1. The maximum absolute atomic E-state index is 13.6. The number of benzene rings is 2. The van der Waals surface area contributed by atoms with Gasteiger partial charge in [0, 0.05) is 11.4 Å². The molecule has 1 atom stereocenters. The van der Waals surface area contributed by atoms with Gasteiger partial charge in [-0.05, 0) is 47.2 Å². The molecule has 3 aromatic rings. The molecule has 0 aliphatic heterocycles. The van der Waals surface area contributed by atoms with E-state index >= 15 is 0 Å². The highest BCUT2D eigenvalue weighted by Crippen LogP contribution is 2.26. The van der Waals surface area contributed by atoms with Crippen LogP contribution in [0.15, 0.2) is 66.0 Å². The molecule has 2 N–H and O–H groups in total. The summed E-state index contributed by atoms with van der Waals surface area (Å²) < 4.78 is 26.8. The molecule has 1 heterocycles. The highest BCUT2D eigenvalue weighted by Gasteiger charge is 2.17. The lowest BCUT2D eigenvalue weighted by Gasteiger charge is -2.18. The van der Waals surface area contributed by atoms with Crippen LogP contribution in [0.25, 0.3) is 0 Å². The van der Waals surface area contributed by atoms with Crippen molar-refractivity contribution in [2.45, 2.75) is 12.5 Å². The molecule has 0 saturated carbocycles. The van der Waals surface area contributed by atoms with Gasteiger partial charge < -0.3 is 10.6 Å². The molecule has 1 unspecified atom stereocenters. The lowest BCUT2D eigenvalue weighted by Crippen LogP contribution is -2.39. The number of urea groups is 1. The van der Waals surface area contributed by atoms with Crippen LogP contribution in [0, 0.1) is 11.6 Å².